The van der Waals surface area contributed by atoms with Crippen LogP contribution in [0.5, 0.6) is 0 Å². The topological polar surface area (TPSA) is 157 Å². The summed E-state index contributed by atoms with van der Waals surface area (Å²) in [6.07, 6.45) is 2.79. The van der Waals surface area contributed by atoms with Crippen LogP contribution in [0.3, 0.4) is 0 Å². The third kappa shape index (κ3) is 5.09. The summed E-state index contributed by atoms with van der Waals surface area (Å²) in [5.74, 6) is -2.71. The van der Waals surface area contributed by atoms with Crippen LogP contribution in [0.15, 0.2) is 48.8 Å². The number of nitrogens with two attached hydrogens (primary N) is 1. The SMILES string of the molecule is NC(=O)C(=O)NC(CC(=O)Nc1ccncc1)c1ccc([N+](=O)[O-])cc1. The molecule has 2 rings (SSSR count). The van der Waals surface area contributed by atoms with Crippen molar-refractivity contribution < 1.29 is 19.3 Å². The molecule has 134 valence electrons. The van der Waals surface area contributed by atoms with Gasteiger partial charge in [-0.05, 0) is 17.7 Å². The molecule has 0 fully saturated rings. The number of carbonyl (C=O) groups is 3. The maximum Gasteiger partial charge on any atom is 0.309 e. The first-order valence-corrected chi connectivity index (χ1v) is 7.41. The molecule has 10 heteroatoms. The summed E-state index contributed by atoms with van der Waals surface area (Å²) in [6.45, 7) is 0. The molecule has 0 saturated carbocycles. The number of primary amides is 1. The summed E-state index contributed by atoms with van der Waals surface area (Å²) in [7, 11) is 0. The van der Waals surface area contributed by atoms with E-state index in [4.69, 9.17) is 5.73 Å². The number of benzene rings is 1. The Balaban J connectivity index is 2.17. The van der Waals surface area contributed by atoms with E-state index in [1.807, 2.05) is 0 Å². The maximum absolute atomic E-state index is 12.2. The molecule has 10 nitrogen and oxygen atoms in total. The lowest BCUT2D eigenvalue weighted by Gasteiger charge is -2.18. The van der Waals surface area contributed by atoms with E-state index in [-0.39, 0.29) is 12.1 Å². The van der Waals surface area contributed by atoms with Crippen molar-refractivity contribution in [3.05, 3.63) is 64.5 Å². The fourth-order valence-corrected chi connectivity index (χ4v) is 2.14. The number of nitro groups is 1. The first-order valence-electron chi connectivity index (χ1n) is 7.41. The smallest absolute Gasteiger partial charge is 0.309 e. The predicted octanol–water partition coefficient (Wildman–Crippen LogP) is 0.661. The molecule has 1 heterocycles. The highest BCUT2D eigenvalue weighted by molar-refractivity contribution is 6.34. The van der Waals surface area contributed by atoms with Crippen LogP contribution in [-0.4, -0.2) is 27.6 Å². The number of nitrogens with zero attached hydrogens (tertiary/aromatic N) is 2. The molecule has 0 aliphatic carbocycles. The van der Waals surface area contributed by atoms with Gasteiger partial charge in [0.2, 0.25) is 5.91 Å². The number of hydrogen-bond donors (Lipinski definition) is 3. The van der Waals surface area contributed by atoms with Crippen molar-refractivity contribution in [2.75, 3.05) is 5.32 Å². The zero-order valence-corrected chi connectivity index (χ0v) is 13.4. The fourth-order valence-electron chi connectivity index (χ4n) is 2.14. The molecule has 0 aliphatic heterocycles. The van der Waals surface area contributed by atoms with Crippen LogP contribution in [0, 0.1) is 10.1 Å². The molecule has 0 radical (unpaired) electrons. The van der Waals surface area contributed by atoms with E-state index < -0.39 is 28.7 Å². The summed E-state index contributed by atoms with van der Waals surface area (Å²) in [5.41, 5.74) is 5.71. The number of pyridine rings is 1. The van der Waals surface area contributed by atoms with Crippen molar-refractivity contribution in [1.29, 1.82) is 0 Å². The molecule has 4 N–H and O–H groups in total. The Kier molecular flexibility index (Phi) is 5.93. The molecule has 1 aromatic carbocycles. The number of nitro benzene ring substituents is 1. The second kappa shape index (κ2) is 8.33. The normalized spacial score (nSPS) is 11.2. The minimum atomic E-state index is -1.20. The van der Waals surface area contributed by atoms with Crippen molar-refractivity contribution in [2.45, 2.75) is 12.5 Å². The summed E-state index contributed by atoms with van der Waals surface area (Å²) in [6, 6.07) is 7.53. The third-order valence-electron chi connectivity index (χ3n) is 3.39. The number of anilines is 1. The van der Waals surface area contributed by atoms with Gasteiger partial charge in [0.25, 0.3) is 5.69 Å². The Labute approximate surface area is 147 Å². The van der Waals surface area contributed by atoms with E-state index in [2.05, 4.69) is 15.6 Å². The average Bonchev–Trinajstić information content (AvgIpc) is 2.61. The monoisotopic (exact) mass is 357 g/mol. The Morgan fingerprint density at radius 2 is 1.73 bits per heavy atom. The van der Waals surface area contributed by atoms with Gasteiger partial charge in [-0.3, -0.25) is 29.5 Å². The van der Waals surface area contributed by atoms with Gasteiger partial charge in [0.05, 0.1) is 17.4 Å². The zero-order chi connectivity index (χ0) is 19.1. The van der Waals surface area contributed by atoms with Crippen molar-refractivity contribution in [3.8, 4) is 0 Å². The number of nitrogens with one attached hydrogen (secondary N) is 2. The zero-order valence-electron chi connectivity index (χ0n) is 13.4. The third-order valence-corrected chi connectivity index (χ3v) is 3.39. The maximum atomic E-state index is 12.2. The van der Waals surface area contributed by atoms with Crippen LogP contribution in [0.1, 0.15) is 18.0 Å². The number of aromatic nitrogens is 1. The Morgan fingerprint density at radius 1 is 1.12 bits per heavy atom. The van der Waals surface area contributed by atoms with Crippen molar-refractivity contribution >= 4 is 29.1 Å². The summed E-state index contributed by atoms with van der Waals surface area (Å²) in [4.78, 5) is 48.8. The molecular weight excluding hydrogens is 342 g/mol. The number of carbonyl (C=O) groups excluding carboxylic acids is 3. The van der Waals surface area contributed by atoms with E-state index in [0.717, 1.165) is 0 Å². The van der Waals surface area contributed by atoms with Crippen molar-refractivity contribution in [1.82, 2.24) is 10.3 Å². The summed E-state index contributed by atoms with van der Waals surface area (Å²) >= 11 is 0. The second-order valence-corrected chi connectivity index (χ2v) is 5.23. The van der Waals surface area contributed by atoms with Gasteiger partial charge in [-0.25, -0.2) is 0 Å². The number of hydrogen-bond acceptors (Lipinski definition) is 6. The lowest BCUT2D eigenvalue weighted by molar-refractivity contribution is -0.384. The number of non-ortho nitro benzene ring substituents is 1. The minimum absolute atomic E-state index is 0.144. The predicted molar refractivity (Wildman–Crippen MR) is 90.7 cm³/mol. The van der Waals surface area contributed by atoms with E-state index in [0.29, 0.717) is 11.3 Å². The van der Waals surface area contributed by atoms with E-state index >= 15 is 0 Å². The number of rotatable bonds is 6. The molecule has 2 aromatic rings. The van der Waals surface area contributed by atoms with Gasteiger partial charge in [0, 0.05) is 30.2 Å². The van der Waals surface area contributed by atoms with E-state index in [9.17, 15) is 24.5 Å². The molecule has 1 aromatic heterocycles. The van der Waals surface area contributed by atoms with Gasteiger partial charge in [0.15, 0.2) is 0 Å². The Hall–Kier alpha value is -3.82. The highest BCUT2D eigenvalue weighted by atomic mass is 16.6. The standard InChI is InChI=1S/C16H15N5O5/c17-15(23)16(24)20-13(10-1-3-12(4-2-10)21(25)26)9-14(22)19-11-5-7-18-8-6-11/h1-8,13H,9H2,(H2,17,23)(H,20,24)(H,18,19,22). The van der Waals surface area contributed by atoms with Crippen LogP contribution in [0.2, 0.25) is 0 Å². The summed E-state index contributed by atoms with van der Waals surface area (Å²) < 4.78 is 0. The highest BCUT2D eigenvalue weighted by Gasteiger charge is 2.21. The Morgan fingerprint density at radius 3 is 2.27 bits per heavy atom. The van der Waals surface area contributed by atoms with Gasteiger partial charge in [-0.15, -0.1) is 0 Å². The number of amides is 3. The Bertz CT molecular complexity index is 823. The second-order valence-electron chi connectivity index (χ2n) is 5.23. The molecule has 1 atom stereocenters. The summed E-state index contributed by atoms with van der Waals surface area (Å²) in [5, 5.41) is 15.7. The van der Waals surface area contributed by atoms with Crippen LogP contribution in [0.4, 0.5) is 11.4 Å². The molecule has 0 saturated heterocycles. The quantitative estimate of drug-likeness (QED) is 0.391. The fraction of sp³-hybridized carbons (Fsp3) is 0.125. The van der Waals surface area contributed by atoms with Crippen LogP contribution in [-0.2, 0) is 14.4 Å². The molecule has 0 spiro atoms. The van der Waals surface area contributed by atoms with Gasteiger partial charge in [-0.1, -0.05) is 12.1 Å². The van der Waals surface area contributed by atoms with Gasteiger partial charge in [-0.2, -0.15) is 0 Å². The largest absolute Gasteiger partial charge is 0.361 e. The molecular formula is C16H15N5O5. The van der Waals surface area contributed by atoms with Gasteiger partial charge in [0.1, 0.15) is 0 Å². The highest BCUT2D eigenvalue weighted by Crippen LogP contribution is 2.21. The van der Waals surface area contributed by atoms with Crippen LogP contribution < -0.4 is 16.4 Å². The van der Waals surface area contributed by atoms with Crippen molar-refractivity contribution in [2.24, 2.45) is 5.73 Å². The van der Waals surface area contributed by atoms with Gasteiger partial charge >= 0.3 is 11.8 Å². The first-order chi connectivity index (χ1) is 12.4. The van der Waals surface area contributed by atoms with Crippen molar-refractivity contribution in [3.63, 3.8) is 0 Å². The van der Waals surface area contributed by atoms with Crippen LogP contribution in [0.25, 0.3) is 0 Å². The lowest BCUT2D eigenvalue weighted by Crippen LogP contribution is -2.39. The van der Waals surface area contributed by atoms with E-state index in [1.54, 1.807) is 12.1 Å². The van der Waals surface area contributed by atoms with Crippen LogP contribution >= 0.6 is 0 Å². The van der Waals surface area contributed by atoms with Gasteiger partial charge < -0.3 is 16.4 Å². The minimum Gasteiger partial charge on any atom is -0.361 e. The molecule has 1 unspecified atom stereocenters. The molecule has 26 heavy (non-hydrogen) atoms. The first kappa shape index (κ1) is 18.5. The average molecular weight is 357 g/mol. The molecule has 0 aliphatic rings. The molecule has 3 amide bonds. The lowest BCUT2D eigenvalue weighted by atomic mass is 10.0. The van der Waals surface area contributed by atoms with E-state index in [1.165, 1.54) is 36.7 Å². The molecule has 0 bridgehead atoms.